The molecule has 0 aromatic heterocycles. The van der Waals surface area contributed by atoms with Gasteiger partial charge in [0.15, 0.2) is 0 Å². The molecule has 2 heterocycles. The van der Waals surface area contributed by atoms with Crippen LogP contribution in [0.2, 0.25) is 0 Å². The van der Waals surface area contributed by atoms with E-state index in [0.29, 0.717) is 0 Å². The Labute approximate surface area is 108 Å². The van der Waals surface area contributed by atoms with Crippen molar-refractivity contribution in [2.24, 2.45) is 0 Å². The maximum Gasteiger partial charge on any atom is 0.245 e. The van der Waals surface area contributed by atoms with Crippen LogP contribution in [0.15, 0.2) is 24.3 Å². The Bertz CT molecular complexity index is 454. The summed E-state index contributed by atoms with van der Waals surface area (Å²) in [6, 6.07) is 8.34. The van der Waals surface area contributed by atoms with Gasteiger partial charge in [0.2, 0.25) is 5.91 Å². The molecular weight excluding hydrogens is 224 g/mol. The first-order valence-corrected chi connectivity index (χ1v) is 6.84. The number of rotatable bonds is 1. The van der Waals surface area contributed by atoms with Crippen LogP contribution in [0.3, 0.4) is 0 Å². The average Bonchev–Trinajstić information content (AvgIpc) is 2.64. The van der Waals surface area contributed by atoms with E-state index in [1.54, 1.807) is 0 Å². The molecule has 0 spiro atoms. The smallest absolute Gasteiger partial charge is 0.245 e. The van der Waals surface area contributed by atoms with Gasteiger partial charge in [-0.3, -0.25) is 14.6 Å². The fourth-order valence-electron chi connectivity index (χ4n) is 3.16. The van der Waals surface area contributed by atoms with Gasteiger partial charge in [-0.15, -0.1) is 0 Å². The van der Waals surface area contributed by atoms with E-state index in [9.17, 15) is 4.79 Å². The fourth-order valence-corrected chi connectivity index (χ4v) is 3.16. The van der Waals surface area contributed by atoms with Gasteiger partial charge in [0.25, 0.3) is 0 Å². The van der Waals surface area contributed by atoms with Crippen LogP contribution in [-0.2, 0) is 4.79 Å². The highest BCUT2D eigenvalue weighted by Crippen LogP contribution is 2.33. The summed E-state index contributed by atoms with van der Waals surface area (Å²) < 4.78 is 0. The molecule has 96 valence electrons. The molecule has 0 aliphatic carbocycles. The number of benzene rings is 1. The molecule has 18 heavy (non-hydrogen) atoms. The number of amides is 1. The maximum absolute atomic E-state index is 12.4. The molecule has 1 aromatic carbocycles. The Kier molecular flexibility index (Phi) is 2.86. The van der Waals surface area contributed by atoms with E-state index >= 15 is 0 Å². The zero-order valence-corrected chi connectivity index (χ0v) is 11.1. The Balaban J connectivity index is 1.95. The predicted molar refractivity (Wildman–Crippen MR) is 72.5 cm³/mol. The largest absolute Gasteiger partial charge is 0.295 e. The first kappa shape index (κ1) is 11.7. The molecule has 2 saturated heterocycles. The van der Waals surface area contributed by atoms with Crippen LogP contribution >= 0.6 is 0 Å². The number of carbonyl (C=O) groups is 1. The van der Waals surface area contributed by atoms with E-state index < -0.39 is 0 Å². The SMILES string of the molecule is Cc1ccc(N2C(=O)[C@H](C)N3CCCC[C@@H]23)cc1. The van der Waals surface area contributed by atoms with Crippen molar-refractivity contribution in [3.63, 3.8) is 0 Å². The summed E-state index contributed by atoms with van der Waals surface area (Å²) in [6.45, 7) is 5.17. The van der Waals surface area contributed by atoms with Crippen LogP contribution in [-0.4, -0.2) is 29.6 Å². The lowest BCUT2D eigenvalue weighted by molar-refractivity contribution is -0.119. The van der Waals surface area contributed by atoms with Crippen molar-refractivity contribution in [3.8, 4) is 0 Å². The minimum atomic E-state index is 0.0385. The van der Waals surface area contributed by atoms with Gasteiger partial charge in [0, 0.05) is 12.2 Å². The molecule has 3 heteroatoms. The number of aryl methyl sites for hydroxylation is 1. The zero-order valence-electron chi connectivity index (χ0n) is 11.1. The van der Waals surface area contributed by atoms with Crippen LogP contribution in [0.4, 0.5) is 5.69 Å². The highest BCUT2D eigenvalue weighted by atomic mass is 16.2. The van der Waals surface area contributed by atoms with Crippen molar-refractivity contribution < 1.29 is 4.79 Å². The van der Waals surface area contributed by atoms with Gasteiger partial charge in [0.1, 0.15) is 0 Å². The minimum absolute atomic E-state index is 0.0385. The summed E-state index contributed by atoms with van der Waals surface area (Å²) in [5.74, 6) is 0.255. The third-order valence-electron chi connectivity index (χ3n) is 4.21. The summed E-state index contributed by atoms with van der Waals surface area (Å²) in [7, 11) is 0. The zero-order chi connectivity index (χ0) is 12.7. The second kappa shape index (κ2) is 4.39. The second-order valence-corrected chi connectivity index (χ2v) is 5.43. The lowest BCUT2D eigenvalue weighted by Gasteiger charge is -2.34. The molecule has 0 bridgehead atoms. The van der Waals surface area contributed by atoms with Crippen molar-refractivity contribution >= 4 is 11.6 Å². The Hall–Kier alpha value is -1.35. The summed E-state index contributed by atoms with van der Waals surface area (Å²) in [5, 5.41) is 0. The molecule has 0 N–H and O–H groups in total. The van der Waals surface area contributed by atoms with E-state index in [1.165, 1.54) is 18.4 Å². The van der Waals surface area contributed by atoms with Crippen molar-refractivity contribution in [2.45, 2.75) is 45.3 Å². The summed E-state index contributed by atoms with van der Waals surface area (Å²) in [6.07, 6.45) is 3.83. The van der Waals surface area contributed by atoms with Crippen molar-refractivity contribution in [3.05, 3.63) is 29.8 Å². The normalized spacial score (nSPS) is 28.6. The van der Waals surface area contributed by atoms with E-state index in [-0.39, 0.29) is 18.1 Å². The lowest BCUT2D eigenvalue weighted by atomic mass is 10.1. The highest BCUT2D eigenvalue weighted by molar-refractivity contribution is 5.99. The molecule has 0 unspecified atom stereocenters. The van der Waals surface area contributed by atoms with Gasteiger partial charge in [-0.05, 0) is 45.2 Å². The van der Waals surface area contributed by atoms with E-state index in [1.807, 2.05) is 11.8 Å². The molecule has 3 rings (SSSR count). The molecule has 1 amide bonds. The number of carbonyl (C=O) groups excluding carboxylic acids is 1. The van der Waals surface area contributed by atoms with Gasteiger partial charge in [-0.1, -0.05) is 17.7 Å². The topological polar surface area (TPSA) is 23.6 Å². The molecule has 2 aliphatic heterocycles. The first-order chi connectivity index (χ1) is 8.68. The van der Waals surface area contributed by atoms with E-state index in [0.717, 1.165) is 18.7 Å². The molecule has 0 saturated carbocycles. The van der Waals surface area contributed by atoms with Gasteiger partial charge in [0.05, 0.1) is 12.2 Å². The number of fused-ring (bicyclic) bond motifs is 1. The van der Waals surface area contributed by atoms with E-state index in [4.69, 9.17) is 0 Å². The fraction of sp³-hybridized carbons (Fsp3) is 0.533. The third-order valence-corrected chi connectivity index (χ3v) is 4.21. The number of piperidine rings is 1. The Morgan fingerprint density at radius 1 is 1.17 bits per heavy atom. The molecule has 2 atom stereocenters. The van der Waals surface area contributed by atoms with Crippen LogP contribution in [0.1, 0.15) is 31.7 Å². The number of anilines is 1. The van der Waals surface area contributed by atoms with Crippen LogP contribution in [0, 0.1) is 6.92 Å². The van der Waals surface area contributed by atoms with Gasteiger partial charge in [-0.2, -0.15) is 0 Å². The summed E-state index contributed by atoms with van der Waals surface area (Å²) in [4.78, 5) is 16.8. The van der Waals surface area contributed by atoms with Gasteiger partial charge < -0.3 is 0 Å². The van der Waals surface area contributed by atoms with E-state index in [2.05, 4.69) is 36.1 Å². The Morgan fingerprint density at radius 3 is 2.61 bits per heavy atom. The van der Waals surface area contributed by atoms with Crippen molar-refractivity contribution in [1.29, 1.82) is 0 Å². The molecule has 2 fully saturated rings. The van der Waals surface area contributed by atoms with Gasteiger partial charge in [-0.25, -0.2) is 0 Å². The maximum atomic E-state index is 12.4. The van der Waals surface area contributed by atoms with Crippen LogP contribution in [0.5, 0.6) is 0 Å². The molecule has 1 aromatic rings. The third kappa shape index (κ3) is 1.74. The predicted octanol–water partition coefficient (Wildman–Crippen LogP) is 2.54. The number of hydrogen-bond acceptors (Lipinski definition) is 2. The monoisotopic (exact) mass is 244 g/mol. The Morgan fingerprint density at radius 2 is 1.89 bits per heavy atom. The molecule has 3 nitrogen and oxygen atoms in total. The van der Waals surface area contributed by atoms with Crippen molar-refractivity contribution in [2.75, 3.05) is 11.4 Å². The summed E-state index contributed by atoms with van der Waals surface area (Å²) in [5.41, 5.74) is 2.28. The first-order valence-electron chi connectivity index (χ1n) is 6.84. The van der Waals surface area contributed by atoms with Crippen molar-refractivity contribution in [1.82, 2.24) is 4.90 Å². The lowest BCUT2D eigenvalue weighted by Crippen LogP contribution is -2.43. The molecular formula is C15H20N2O. The minimum Gasteiger partial charge on any atom is -0.295 e. The number of nitrogens with zero attached hydrogens (tertiary/aromatic N) is 2. The molecule has 0 radical (unpaired) electrons. The standard InChI is InChI=1S/C15H20N2O/c1-11-6-8-13(9-7-11)17-14-5-3-4-10-16(14)12(2)15(17)18/h6-9,12,14H,3-5,10H2,1-2H3/t12-,14+/m0/s1. The quantitative estimate of drug-likeness (QED) is 0.758. The molecule has 2 aliphatic rings. The van der Waals surface area contributed by atoms with Crippen LogP contribution < -0.4 is 4.90 Å². The summed E-state index contributed by atoms with van der Waals surface area (Å²) >= 11 is 0. The second-order valence-electron chi connectivity index (χ2n) is 5.43. The average molecular weight is 244 g/mol. The highest BCUT2D eigenvalue weighted by Gasteiger charge is 2.44. The van der Waals surface area contributed by atoms with Gasteiger partial charge >= 0.3 is 0 Å². The number of hydrogen-bond donors (Lipinski definition) is 0. The van der Waals surface area contributed by atoms with Crippen LogP contribution in [0.25, 0.3) is 0 Å².